The molecule has 16 heavy (non-hydrogen) atoms. The molecule has 0 radical (unpaired) electrons. The normalized spacial score (nSPS) is 12.4. The molecule has 0 spiro atoms. The van der Waals surface area contributed by atoms with Gasteiger partial charge in [0.25, 0.3) is 0 Å². The van der Waals surface area contributed by atoms with Crippen LogP contribution in [-0.2, 0) is 6.54 Å². The fourth-order valence-corrected chi connectivity index (χ4v) is 1.95. The molecule has 0 aliphatic heterocycles. The van der Waals surface area contributed by atoms with E-state index in [1.54, 1.807) is 0 Å². The maximum Gasteiger partial charge on any atom is 0.0525 e. The first-order valence-corrected chi connectivity index (χ1v) is 5.31. The van der Waals surface area contributed by atoms with E-state index in [2.05, 4.69) is 39.7 Å². The number of nitrogens with zero attached hydrogens (tertiary/aromatic N) is 4. The molecule has 0 bridgehead atoms. The van der Waals surface area contributed by atoms with Crippen LogP contribution in [0.25, 0.3) is 21.3 Å². The first-order chi connectivity index (χ1) is 7.72. The molecule has 0 N–H and O–H groups in total. The summed E-state index contributed by atoms with van der Waals surface area (Å²) >= 11 is 0. The molecule has 1 atom stereocenters. The molecule has 1 aromatic carbocycles. The number of aromatic nitrogens is 1. The lowest BCUT2D eigenvalue weighted by atomic mass is 10.1. The summed E-state index contributed by atoms with van der Waals surface area (Å²) in [7, 11) is 0. The zero-order valence-electron chi connectivity index (χ0n) is 9.46. The Hall–Kier alpha value is -1.93. The van der Waals surface area contributed by atoms with Crippen LogP contribution in [0.4, 0.5) is 0 Å². The van der Waals surface area contributed by atoms with Gasteiger partial charge in [-0.3, -0.25) is 0 Å². The van der Waals surface area contributed by atoms with Crippen LogP contribution in [0, 0.1) is 6.92 Å². The van der Waals surface area contributed by atoms with E-state index in [-0.39, 0.29) is 6.04 Å². The highest BCUT2D eigenvalue weighted by atomic mass is 15.2. The fraction of sp³-hybridized carbons (Fsp3) is 0.333. The van der Waals surface area contributed by atoms with Crippen molar-refractivity contribution < 1.29 is 0 Å². The van der Waals surface area contributed by atoms with Crippen molar-refractivity contribution in [2.24, 2.45) is 5.11 Å². The number of hydrogen-bond donors (Lipinski definition) is 0. The Labute approximate surface area is 94.1 Å². The van der Waals surface area contributed by atoms with Gasteiger partial charge in [0.05, 0.1) is 6.04 Å². The summed E-state index contributed by atoms with van der Waals surface area (Å²) in [5.41, 5.74) is 10.8. The third-order valence-electron chi connectivity index (χ3n) is 2.74. The van der Waals surface area contributed by atoms with Gasteiger partial charge >= 0.3 is 0 Å². The molecule has 0 aliphatic rings. The lowest BCUT2D eigenvalue weighted by Crippen LogP contribution is -2.08. The SMILES string of the molecule is Cc1cccc2c1ccn2C[C@H](C)N=[N+]=[N-]. The number of benzene rings is 1. The van der Waals surface area contributed by atoms with E-state index < -0.39 is 0 Å². The van der Waals surface area contributed by atoms with Gasteiger partial charge in [-0.2, -0.15) is 0 Å². The average Bonchev–Trinajstić information content (AvgIpc) is 2.64. The maximum atomic E-state index is 8.37. The van der Waals surface area contributed by atoms with E-state index in [9.17, 15) is 0 Å². The average molecular weight is 214 g/mol. The van der Waals surface area contributed by atoms with Crippen LogP contribution in [0.3, 0.4) is 0 Å². The Morgan fingerprint density at radius 3 is 3.00 bits per heavy atom. The van der Waals surface area contributed by atoms with Crippen molar-refractivity contribution >= 4 is 10.9 Å². The maximum absolute atomic E-state index is 8.37. The van der Waals surface area contributed by atoms with Gasteiger partial charge in [0, 0.05) is 28.6 Å². The molecule has 4 nitrogen and oxygen atoms in total. The molecule has 0 aliphatic carbocycles. The van der Waals surface area contributed by atoms with Crippen molar-refractivity contribution in [2.75, 3.05) is 0 Å². The predicted molar refractivity (Wildman–Crippen MR) is 65.3 cm³/mol. The minimum atomic E-state index is -0.0267. The third-order valence-corrected chi connectivity index (χ3v) is 2.74. The first kappa shape index (κ1) is 10.6. The minimum Gasteiger partial charge on any atom is -0.347 e. The quantitative estimate of drug-likeness (QED) is 0.425. The molecule has 2 aromatic rings. The summed E-state index contributed by atoms with van der Waals surface area (Å²) in [5, 5.41) is 4.95. The first-order valence-electron chi connectivity index (χ1n) is 5.31. The van der Waals surface area contributed by atoms with Gasteiger partial charge in [0.2, 0.25) is 0 Å². The van der Waals surface area contributed by atoms with Crippen LogP contribution in [-0.4, -0.2) is 10.6 Å². The van der Waals surface area contributed by atoms with Crippen molar-refractivity contribution in [1.29, 1.82) is 0 Å². The van der Waals surface area contributed by atoms with Gasteiger partial charge in [-0.15, -0.1) is 0 Å². The molecule has 82 valence electrons. The van der Waals surface area contributed by atoms with Crippen LogP contribution >= 0.6 is 0 Å². The van der Waals surface area contributed by atoms with Gasteiger partial charge in [0.15, 0.2) is 0 Å². The molecule has 0 saturated carbocycles. The zero-order chi connectivity index (χ0) is 11.5. The highest BCUT2D eigenvalue weighted by molar-refractivity contribution is 5.83. The standard InChI is InChI=1S/C12H14N4/c1-9-4-3-5-12-11(9)6-7-16(12)8-10(2)14-15-13/h3-7,10H,8H2,1-2H3/t10-/m0/s1. The highest BCUT2D eigenvalue weighted by Gasteiger charge is 2.05. The second kappa shape index (κ2) is 4.29. The topological polar surface area (TPSA) is 53.7 Å². The lowest BCUT2D eigenvalue weighted by molar-refractivity contribution is 0.602. The van der Waals surface area contributed by atoms with Crippen LogP contribution in [0.15, 0.2) is 35.6 Å². The van der Waals surface area contributed by atoms with Gasteiger partial charge in [-0.1, -0.05) is 24.2 Å². The molecule has 0 fully saturated rings. The third kappa shape index (κ3) is 1.88. The zero-order valence-corrected chi connectivity index (χ0v) is 9.46. The lowest BCUT2D eigenvalue weighted by Gasteiger charge is -2.08. The molecule has 4 heteroatoms. The van der Waals surface area contributed by atoms with Crippen LogP contribution in [0.2, 0.25) is 0 Å². The number of azide groups is 1. The van der Waals surface area contributed by atoms with Crippen molar-refractivity contribution in [3.05, 3.63) is 46.5 Å². The molecular formula is C12H14N4. The number of hydrogen-bond acceptors (Lipinski definition) is 1. The van der Waals surface area contributed by atoms with Crippen molar-refractivity contribution in [3.63, 3.8) is 0 Å². The van der Waals surface area contributed by atoms with Crippen molar-refractivity contribution in [3.8, 4) is 0 Å². The smallest absolute Gasteiger partial charge is 0.0525 e. The van der Waals surface area contributed by atoms with Crippen LogP contribution < -0.4 is 0 Å². The van der Waals surface area contributed by atoms with Crippen molar-refractivity contribution in [2.45, 2.75) is 26.4 Å². The number of fused-ring (bicyclic) bond motifs is 1. The summed E-state index contributed by atoms with van der Waals surface area (Å²) in [6.45, 7) is 4.74. The number of rotatable bonds is 3. The second-order valence-corrected chi connectivity index (χ2v) is 4.03. The van der Waals surface area contributed by atoms with E-state index in [1.165, 1.54) is 16.5 Å². The fourth-order valence-electron chi connectivity index (χ4n) is 1.95. The molecule has 1 heterocycles. The van der Waals surface area contributed by atoms with Gasteiger partial charge < -0.3 is 4.57 Å². The molecule has 0 saturated heterocycles. The van der Waals surface area contributed by atoms with E-state index in [0.717, 1.165) is 6.54 Å². The van der Waals surface area contributed by atoms with Crippen LogP contribution in [0.1, 0.15) is 12.5 Å². The highest BCUT2D eigenvalue weighted by Crippen LogP contribution is 2.19. The van der Waals surface area contributed by atoms with E-state index in [1.807, 2.05) is 19.2 Å². The monoisotopic (exact) mass is 214 g/mol. The van der Waals surface area contributed by atoms with Crippen LogP contribution in [0.5, 0.6) is 0 Å². The molecule has 0 amide bonds. The Morgan fingerprint density at radius 2 is 2.25 bits per heavy atom. The van der Waals surface area contributed by atoms with Gasteiger partial charge in [-0.25, -0.2) is 0 Å². The van der Waals surface area contributed by atoms with Gasteiger partial charge in [0.1, 0.15) is 0 Å². The minimum absolute atomic E-state index is 0.0267. The van der Waals surface area contributed by atoms with Gasteiger partial charge in [-0.05, 0) is 30.2 Å². The Balaban J connectivity index is 2.39. The molecule has 0 unspecified atom stereocenters. The summed E-state index contributed by atoms with van der Waals surface area (Å²) in [6, 6.07) is 8.32. The Kier molecular flexibility index (Phi) is 2.84. The largest absolute Gasteiger partial charge is 0.347 e. The van der Waals surface area contributed by atoms with Crippen molar-refractivity contribution in [1.82, 2.24) is 4.57 Å². The van der Waals surface area contributed by atoms with E-state index in [4.69, 9.17) is 5.53 Å². The second-order valence-electron chi connectivity index (χ2n) is 4.03. The molecular weight excluding hydrogens is 200 g/mol. The summed E-state index contributed by atoms with van der Waals surface area (Å²) < 4.78 is 2.13. The Bertz CT molecular complexity index is 549. The summed E-state index contributed by atoms with van der Waals surface area (Å²) in [5.74, 6) is 0. The Morgan fingerprint density at radius 1 is 1.44 bits per heavy atom. The molecule has 2 rings (SSSR count). The molecule has 1 aromatic heterocycles. The predicted octanol–water partition coefficient (Wildman–Crippen LogP) is 3.65. The number of aryl methyl sites for hydroxylation is 1. The van der Waals surface area contributed by atoms with E-state index >= 15 is 0 Å². The van der Waals surface area contributed by atoms with E-state index in [0.29, 0.717) is 0 Å². The summed E-state index contributed by atoms with van der Waals surface area (Å²) in [4.78, 5) is 2.83. The summed E-state index contributed by atoms with van der Waals surface area (Å²) in [6.07, 6.45) is 2.04.